The van der Waals surface area contributed by atoms with Gasteiger partial charge in [-0.25, -0.2) is 0 Å². The van der Waals surface area contributed by atoms with E-state index in [1.165, 1.54) is 64.2 Å². The first-order valence-corrected chi connectivity index (χ1v) is 7.41. The third-order valence-electron chi connectivity index (χ3n) is 4.41. The zero-order valence-electron chi connectivity index (χ0n) is 12.1. The third kappa shape index (κ3) is 5.92. The van der Waals surface area contributed by atoms with E-state index in [9.17, 15) is 0 Å². The van der Waals surface area contributed by atoms with Crippen LogP contribution in [-0.4, -0.2) is 0 Å². The van der Waals surface area contributed by atoms with Crippen molar-refractivity contribution in [1.82, 2.24) is 0 Å². The van der Waals surface area contributed by atoms with Gasteiger partial charge >= 0.3 is 0 Å². The number of hydrogen-bond acceptors (Lipinski definition) is 0. The van der Waals surface area contributed by atoms with Crippen molar-refractivity contribution in [3.63, 3.8) is 0 Å². The fourth-order valence-corrected chi connectivity index (χ4v) is 3.02. The summed E-state index contributed by atoms with van der Waals surface area (Å²) in [7, 11) is 0. The highest BCUT2D eigenvalue weighted by atomic mass is 14.3. The minimum absolute atomic E-state index is 0.606. The van der Waals surface area contributed by atoms with E-state index in [1.54, 1.807) is 0 Å². The molecule has 0 amide bonds. The molecule has 0 aromatic rings. The summed E-state index contributed by atoms with van der Waals surface area (Å²) < 4.78 is 0. The predicted octanol–water partition coefficient (Wildman–Crippen LogP) is 5.95. The first kappa shape index (κ1) is 14.1. The van der Waals surface area contributed by atoms with Crippen LogP contribution >= 0.6 is 0 Å². The summed E-state index contributed by atoms with van der Waals surface area (Å²) in [6.07, 6.45) is 14.4. The SMILES string of the molecule is CC1(C)CCCCCC(C)(C)CCCCC1. The van der Waals surface area contributed by atoms with Crippen LogP contribution in [0.2, 0.25) is 0 Å². The van der Waals surface area contributed by atoms with E-state index in [4.69, 9.17) is 0 Å². The van der Waals surface area contributed by atoms with Gasteiger partial charge in [0.15, 0.2) is 0 Å². The normalized spacial score (nSPS) is 27.8. The van der Waals surface area contributed by atoms with Gasteiger partial charge < -0.3 is 0 Å². The summed E-state index contributed by atoms with van der Waals surface area (Å²) in [6, 6.07) is 0. The first-order valence-electron chi connectivity index (χ1n) is 7.41. The Balaban J connectivity index is 2.39. The molecule has 0 aromatic heterocycles. The molecule has 0 aliphatic heterocycles. The lowest BCUT2D eigenvalue weighted by atomic mass is 9.78. The van der Waals surface area contributed by atoms with Gasteiger partial charge in [-0.05, 0) is 36.5 Å². The maximum atomic E-state index is 2.46. The summed E-state index contributed by atoms with van der Waals surface area (Å²) in [4.78, 5) is 0. The molecule has 16 heavy (non-hydrogen) atoms. The van der Waals surface area contributed by atoms with Crippen molar-refractivity contribution in [1.29, 1.82) is 0 Å². The second kappa shape index (κ2) is 6.07. The van der Waals surface area contributed by atoms with Crippen LogP contribution in [-0.2, 0) is 0 Å². The molecule has 0 radical (unpaired) electrons. The molecule has 0 atom stereocenters. The molecule has 0 bridgehead atoms. The topological polar surface area (TPSA) is 0 Å². The number of hydrogen-bond donors (Lipinski definition) is 0. The van der Waals surface area contributed by atoms with Crippen molar-refractivity contribution < 1.29 is 0 Å². The highest BCUT2D eigenvalue weighted by Gasteiger charge is 2.20. The molecule has 1 saturated carbocycles. The Morgan fingerprint density at radius 1 is 0.438 bits per heavy atom. The van der Waals surface area contributed by atoms with Gasteiger partial charge in [-0.15, -0.1) is 0 Å². The van der Waals surface area contributed by atoms with Crippen molar-refractivity contribution in [3.05, 3.63) is 0 Å². The third-order valence-corrected chi connectivity index (χ3v) is 4.41. The van der Waals surface area contributed by atoms with Gasteiger partial charge in [0.05, 0.1) is 0 Å². The van der Waals surface area contributed by atoms with Crippen LogP contribution in [0.1, 0.15) is 91.9 Å². The van der Waals surface area contributed by atoms with Crippen molar-refractivity contribution >= 4 is 0 Å². The van der Waals surface area contributed by atoms with E-state index >= 15 is 0 Å². The second-order valence-corrected chi connectivity index (χ2v) is 7.45. The standard InChI is InChI=1S/C16H32/c1-15(2)11-7-5-9-13-16(3,4)14-10-6-8-12-15/h5-14H2,1-4H3. The van der Waals surface area contributed by atoms with Crippen LogP contribution in [0.3, 0.4) is 0 Å². The van der Waals surface area contributed by atoms with Gasteiger partial charge in [0.25, 0.3) is 0 Å². The molecule has 0 spiro atoms. The van der Waals surface area contributed by atoms with E-state index in [0.717, 1.165) is 0 Å². The van der Waals surface area contributed by atoms with E-state index in [-0.39, 0.29) is 0 Å². The molecule has 0 heterocycles. The zero-order chi connectivity index (χ0) is 12.1. The Morgan fingerprint density at radius 2 is 0.688 bits per heavy atom. The average Bonchev–Trinajstić information content (AvgIpc) is 2.14. The Labute approximate surface area is 103 Å². The van der Waals surface area contributed by atoms with Crippen molar-refractivity contribution in [2.45, 2.75) is 91.9 Å². The predicted molar refractivity (Wildman–Crippen MR) is 73.7 cm³/mol. The van der Waals surface area contributed by atoms with Crippen LogP contribution in [0.25, 0.3) is 0 Å². The van der Waals surface area contributed by atoms with E-state index in [2.05, 4.69) is 27.7 Å². The quantitative estimate of drug-likeness (QED) is 0.476. The lowest BCUT2D eigenvalue weighted by Crippen LogP contribution is -2.14. The smallest absolute Gasteiger partial charge is 0.0354 e. The Morgan fingerprint density at radius 3 is 0.938 bits per heavy atom. The van der Waals surface area contributed by atoms with E-state index in [0.29, 0.717) is 10.8 Å². The Kier molecular flexibility index (Phi) is 5.34. The van der Waals surface area contributed by atoms with Gasteiger partial charge in [-0.3, -0.25) is 0 Å². The summed E-state index contributed by atoms with van der Waals surface area (Å²) in [5, 5.41) is 0. The lowest BCUT2D eigenvalue weighted by Gasteiger charge is -2.28. The van der Waals surface area contributed by atoms with Gasteiger partial charge in [0, 0.05) is 0 Å². The van der Waals surface area contributed by atoms with E-state index in [1.807, 2.05) is 0 Å². The summed E-state index contributed by atoms with van der Waals surface area (Å²) >= 11 is 0. The minimum atomic E-state index is 0.606. The van der Waals surface area contributed by atoms with Crippen molar-refractivity contribution in [3.8, 4) is 0 Å². The van der Waals surface area contributed by atoms with Crippen LogP contribution < -0.4 is 0 Å². The highest BCUT2D eigenvalue weighted by Crippen LogP contribution is 2.35. The second-order valence-electron chi connectivity index (χ2n) is 7.45. The van der Waals surface area contributed by atoms with Crippen molar-refractivity contribution in [2.75, 3.05) is 0 Å². The van der Waals surface area contributed by atoms with Crippen LogP contribution in [0.5, 0.6) is 0 Å². The van der Waals surface area contributed by atoms with Gasteiger partial charge in [0.1, 0.15) is 0 Å². The van der Waals surface area contributed by atoms with Crippen LogP contribution in [0.15, 0.2) is 0 Å². The molecule has 1 aliphatic carbocycles. The monoisotopic (exact) mass is 224 g/mol. The average molecular weight is 224 g/mol. The van der Waals surface area contributed by atoms with Gasteiger partial charge in [0.2, 0.25) is 0 Å². The molecule has 0 saturated heterocycles. The number of rotatable bonds is 0. The fourth-order valence-electron chi connectivity index (χ4n) is 3.02. The summed E-state index contributed by atoms with van der Waals surface area (Å²) in [5.74, 6) is 0. The molecule has 1 rings (SSSR count). The zero-order valence-corrected chi connectivity index (χ0v) is 12.1. The summed E-state index contributed by atoms with van der Waals surface area (Å²) in [6.45, 7) is 9.84. The molecular formula is C16H32. The fraction of sp³-hybridized carbons (Fsp3) is 1.00. The molecule has 0 unspecified atom stereocenters. The highest BCUT2D eigenvalue weighted by molar-refractivity contribution is 4.73. The van der Waals surface area contributed by atoms with E-state index < -0.39 is 0 Å². The molecule has 0 heteroatoms. The van der Waals surface area contributed by atoms with Crippen LogP contribution in [0.4, 0.5) is 0 Å². The Hall–Kier alpha value is 0. The van der Waals surface area contributed by atoms with Gasteiger partial charge in [-0.2, -0.15) is 0 Å². The maximum Gasteiger partial charge on any atom is -0.0354 e. The van der Waals surface area contributed by atoms with Crippen molar-refractivity contribution in [2.24, 2.45) is 10.8 Å². The molecule has 0 nitrogen and oxygen atoms in total. The molecule has 1 aliphatic rings. The van der Waals surface area contributed by atoms with Gasteiger partial charge in [-0.1, -0.05) is 66.2 Å². The molecular weight excluding hydrogens is 192 g/mol. The molecule has 96 valence electrons. The molecule has 0 N–H and O–H groups in total. The molecule has 0 aromatic carbocycles. The van der Waals surface area contributed by atoms with Crippen LogP contribution in [0, 0.1) is 10.8 Å². The Bertz CT molecular complexity index is 150. The molecule has 1 fully saturated rings. The summed E-state index contributed by atoms with van der Waals surface area (Å²) in [5.41, 5.74) is 1.21. The first-order chi connectivity index (χ1) is 7.41. The lowest BCUT2D eigenvalue weighted by molar-refractivity contribution is 0.245. The minimum Gasteiger partial charge on any atom is -0.0599 e. The largest absolute Gasteiger partial charge is 0.0599 e. The maximum absolute atomic E-state index is 2.46.